The van der Waals surface area contributed by atoms with Crippen molar-refractivity contribution in [2.75, 3.05) is 0 Å². The first kappa shape index (κ1) is 30.4. The molecule has 0 bridgehead atoms. The molecule has 0 fully saturated rings. The molecule has 2 aromatic carbocycles. The monoisotopic (exact) mass is 537 g/mol. The van der Waals surface area contributed by atoms with Gasteiger partial charge in [0.25, 0.3) is 0 Å². The molecule has 0 saturated heterocycles. The quantitative estimate of drug-likeness (QED) is 0.191. The molecular formula is C25H27BF9N2-. The number of rotatable bonds is 7. The minimum Gasteiger partial charge on any atom is -0.445 e. The Morgan fingerprint density at radius 1 is 0.595 bits per heavy atom. The first-order chi connectivity index (χ1) is 16.8. The van der Waals surface area contributed by atoms with Gasteiger partial charge >= 0.3 is 19.3 Å². The van der Waals surface area contributed by atoms with E-state index in [-0.39, 0.29) is 22.4 Å². The molecule has 0 aromatic heterocycles. The highest BCUT2D eigenvalue weighted by Crippen LogP contribution is 2.38. The number of para-hydroxylation sites is 2. The predicted molar refractivity (Wildman–Crippen MR) is 130 cm³/mol. The Hall–Kier alpha value is -2.79. The van der Waals surface area contributed by atoms with Crippen LogP contribution in [-0.4, -0.2) is 30.8 Å². The van der Waals surface area contributed by atoms with Crippen molar-refractivity contribution in [1.29, 1.82) is 0 Å². The fraction of sp³-hybridized carbons (Fsp3) is 0.440. The third kappa shape index (κ3) is 7.16. The molecule has 2 nitrogen and oxygen atoms in total. The lowest BCUT2D eigenvalue weighted by molar-refractivity contribution is -0.0709. The number of alkyl halides is 6. The molecule has 0 saturated carbocycles. The van der Waals surface area contributed by atoms with Crippen LogP contribution in [0.3, 0.4) is 0 Å². The van der Waals surface area contributed by atoms with Gasteiger partial charge in [-0.3, -0.25) is 0 Å². The van der Waals surface area contributed by atoms with Crippen molar-refractivity contribution in [2.24, 2.45) is 9.98 Å². The molecule has 0 aliphatic rings. The molecule has 0 amide bonds. The average Bonchev–Trinajstić information content (AvgIpc) is 2.73. The Balaban J connectivity index is 3.09. The minimum absolute atomic E-state index is 0.261. The summed E-state index contributed by atoms with van der Waals surface area (Å²) in [5.41, 5.74) is -7.72. The molecule has 204 valence electrons. The molecule has 2 aromatic rings. The van der Waals surface area contributed by atoms with Crippen LogP contribution >= 0.6 is 0 Å². The molecule has 0 unspecified atom stereocenters. The summed E-state index contributed by atoms with van der Waals surface area (Å²) in [5, 5.41) is 0. The summed E-state index contributed by atoms with van der Waals surface area (Å²) in [5.74, 6) is -1.56. The largest absolute Gasteiger partial charge is 0.511 e. The van der Waals surface area contributed by atoms with Crippen molar-refractivity contribution in [3.63, 3.8) is 0 Å². The van der Waals surface area contributed by atoms with Crippen LogP contribution in [0.15, 0.2) is 46.4 Å². The maximum absolute atomic E-state index is 14.2. The van der Waals surface area contributed by atoms with Gasteiger partial charge in [0.1, 0.15) is 0 Å². The zero-order chi connectivity index (χ0) is 28.5. The number of hydrogen-bond acceptors (Lipinski definition) is 2. The van der Waals surface area contributed by atoms with Gasteiger partial charge in [-0.1, -0.05) is 83.4 Å². The SMILES string of the molecule is CC(C)c1cccc(C(C)C)c1N=C(C(=Nc1c(C(C)C)cccc1[B-](F)(F)F)C(F)(F)F)C(F)(F)F. The van der Waals surface area contributed by atoms with Gasteiger partial charge in [-0.15, -0.1) is 0 Å². The van der Waals surface area contributed by atoms with Gasteiger partial charge in [-0.05, 0) is 34.4 Å². The average molecular weight is 537 g/mol. The van der Waals surface area contributed by atoms with Crippen LogP contribution in [0.1, 0.15) is 76.0 Å². The van der Waals surface area contributed by atoms with Crippen molar-refractivity contribution in [1.82, 2.24) is 0 Å². The molecule has 0 aliphatic carbocycles. The second kappa shape index (κ2) is 10.9. The molecule has 0 heterocycles. The fourth-order valence-corrected chi connectivity index (χ4v) is 3.80. The summed E-state index contributed by atoms with van der Waals surface area (Å²) in [6, 6.07) is 7.06. The van der Waals surface area contributed by atoms with E-state index in [0.717, 1.165) is 12.1 Å². The van der Waals surface area contributed by atoms with E-state index in [1.807, 2.05) is 0 Å². The third-order valence-electron chi connectivity index (χ3n) is 5.62. The normalized spacial score (nSPS) is 14.3. The molecular weight excluding hydrogens is 510 g/mol. The van der Waals surface area contributed by atoms with Crippen molar-refractivity contribution in [3.8, 4) is 0 Å². The molecule has 0 atom stereocenters. The van der Waals surface area contributed by atoms with Gasteiger partial charge in [0.2, 0.25) is 0 Å². The van der Waals surface area contributed by atoms with E-state index in [1.54, 1.807) is 33.8 Å². The number of halogens is 9. The van der Waals surface area contributed by atoms with Gasteiger partial charge in [0.05, 0.1) is 5.69 Å². The number of nitrogens with zero attached hydrogens (tertiary/aromatic N) is 2. The Labute approximate surface area is 209 Å². The molecule has 0 N–H and O–H groups in total. The lowest BCUT2D eigenvalue weighted by atomic mass is 9.76. The highest BCUT2D eigenvalue weighted by atomic mass is 19.4. The zero-order valence-electron chi connectivity index (χ0n) is 21.1. The van der Waals surface area contributed by atoms with E-state index in [0.29, 0.717) is 6.07 Å². The Kier molecular flexibility index (Phi) is 8.97. The lowest BCUT2D eigenvalue weighted by Crippen LogP contribution is -2.41. The Bertz CT molecular complexity index is 1150. The van der Waals surface area contributed by atoms with Crippen LogP contribution in [0.5, 0.6) is 0 Å². The maximum Gasteiger partial charge on any atom is 0.511 e. The molecule has 0 spiro atoms. The van der Waals surface area contributed by atoms with E-state index in [9.17, 15) is 39.3 Å². The Morgan fingerprint density at radius 2 is 0.919 bits per heavy atom. The summed E-state index contributed by atoms with van der Waals surface area (Å²) in [4.78, 5) is 6.53. The summed E-state index contributed by atoms with van der Waals surface area (Å²) < 4.78 is 126. The van der Waals surface area contributed by atoms with E-state index in [1.165, 1.54) is 26.0 Å². The van der Waals surface area contributed by atoms with Crippen molar-refractivity contribution in [2.45, 2.75) is 71.6 Å². The van der Waals surface area contributed by atoms with Crippen molar-refractivity contribution in [3.05, 3.63) is 53.1 Å². The molecule has 2 rings (SSSR count). The topological polar surface area (TPSA) is 24.7 Å². The molecule has 37 heavy (non-hydrogen) atoms. The van der Waals surface area contributed by atoms with Gasteiger partial charge in [0.15, 0.2) is 11.4 Å². The summed E-state index contributed by atoms with van der Waals surface area (Å²) in [6.45, 7) is 3.48. The zero-order valence-corrected chi connectivity index (χ0v) is 21.1. The van der Waals surface area contributed by atoms with Gasteiger partial charge in [-0.2, -0.15) is 26.3 Å². The molecule has 12 heteroatoms. The van der Waals surface area contributed by atoms with Crippen LogP contribution in [0.25, 0.3) is 0 Å². The lowest BCUT2D eigenvalue weighted by Gasteiger charge is -2.24. The highest BCUT2D eigenvalue weighted by Gasteiger charge is 2.50. The Morgan fingerprint density at radius 3 is 1.24 bits per heavy atom. The third-order valence-corrected chi connectivity index (χ3v) is 5.62. The van der Waals surface area contributed by atoms with Gasteiger partial charge < -0.3 is 12.9 Å². The fourth-order valence-electron chi connectivity index (χ4n) is 3.80. The van der Waals surface area contributed by atoms with Crippen molar-refractivity contribution >= 4 is 35.2 Å². The van der Waals surface area contributed by atoms with Crippen LogP contribution in [0.2, 0.25) is 0 Å². The van der Waals surface area contributed by atoms with Gasteiger partial charge in [-0.25, -0.2) is 9.98 Å². The van der Waals surface area contributed by atoms with Gasteiger partial charge in [0, 0.05) is 5.69 Å². The van der Waals surface area contributed by atoms with Crippen LogP contribution in [0, 0.1) is 0 Å². The molecule has 0 radical (unpaired) electrons. The number of hydrogen-bond donors (Lipinski definition) is 0. The van der Waals surface area contributed by atoms with Crippen molar-refractivity contribution < 1.29 is 39.3 Å². The minimum atomic E-state index is -5.89. The summed E-state index contributed by atoms with van der Waals surface area (Å²) in [6.07, 6.45) is -11.4. The van der Waals surface area contributed by atoms with Crippen LogP contribution in [0.4, 0.5) is 50.7 Å². The maximum atomic E-state index is 14.2. The van der Waals surface area contributed by atoms with E-state index < -0.39 is 59.7 Å². The standard InChI is InChI=1S/C25H27BF9N2/c1-13(2)16-9-7-10-17(14(3)4)20(16)36-22(24(27,28)29)23(25(30,31)32)37-21-18(15(5)6)11-8-12-19(21)26(33,34)35/h7-15H,1-6H3/q-1. The summed E-state index contributed by atoms with van der Waals surface area (Å²) in [7, 11) is 0. The number of benzene rings is 2. The van der Waals surface area contributed by atoms with E-state index >= 15 is 0 Å². The first-order valence-corrected chi connectivity index (χ1v) is 11.5. The number of aliphatic imine (C=N–C) groups is 2. The second-order valence-corrected chi connectivity index (χ2v) is 9.53. The predicted octanol–water partition coefficient (Wildman–Crippen LogP) is 9.08. The van der Waals surface area contributed by atoms with Crippen LogP contribution < -0.4 is 5.46 Å². The second-order valence-electron chi connectivity index (χ2n) is 9.53. The summed E-state index contributed by atoms with van der Waals surface area (Å²) >= 11 is 0. The van der Waals surface area contributed by atoms with E-state index in [2.05, 4.69) is 9.98 Å². The highest BCUT2D eigenvalue weighted by molar-refractivity contribution is 6.75. The van der Waals surface area contributed by atoms with Crippen LogP contribution in [-0.2, 0) is 0 Å². The smallest absolute Gasteiger partial charge is 0.445 e. The van der Waals surface area contributed by atoms with E-state index in [4.69, 9.17) is 0 Å². The first-order valence-electron chi connectivity index (χ1n) is 11.5. The molecule has 0 aliphatic heterocycles.